The summed E-state index contributed by atoms with van der Waals surface area (Å²) in [4.78, 5) is 8.17. The summed E-state index contributed by atoms with van der Waals surface area (Å²) in [6.07, 6.45) is 3.61. The molecule has 2 N–H and O–H groups in total. The molecule has 19 heavy (non-hydrogen) atoms. The predicted molar refractivity (Wildman–Crippen MR) is 77.5 cm³/mol. The molecule has 0 unspecified atom stereocenters. The maximum atomic E-state index is 9.03. The number of aromatic nitrogens is 2. The maximum absolute atomic E-state index is 9.03. The van der Waals surface area contributed by atoms with Crippen molar-refractivity contribution in [2.75, 3.05) is 5.32 Å². The number of halogens is 1. The quantitative estimate of drug-likeness (QED) is 0.771. The Labute approximate surface area is 118 Å². The fourth-order valence-electron chi connectivity index (χ4n) is 1.93. The van der Waals surface area contributed by atoms with Crippen LogP contribution in [0.5, 0.6) is 0 Å². The Morgan fingerprint density at radius 3 is 3.11 bits per heavy atom. The highest BCUT2D eigenvalue weighted by atomic mass is 35.5. The van der Waals surface area contributed by atoms with E-state index in [4.69, 9.17) is 16.9 Å². The molecule has 3 rings (SSSR count). The van der Waals surface area contributed by atoms with Crippen LogP contribution in [0.25, 0.3) is 10.9 Å². The number of fused-ring (bicyclic) bond motifs is 1. The monoisotopic (exact) mass is 288 g/mol. The number of H-pyrrole nitrogens is 1. The molecule has 0 aliphatic rings. The fraction of sp³-hybridized carbons (Fsp3) is 0.0769. The summed E-state index contributed by atoms with van der Waals surface area (Å²) in [6, 6.07) is 7.83. The van der Waals surface area contributed by atoms with Crippen LogP contribution in [0, 0.1) is 11.3 Å². The minimum Gasteiger partial charge on any atom is -0.380 e. The van der Waals surface area contributed by atoms with Gasteiger partial charge >= 0.3 is 0 Å². The molecule has 0 amide bonds. The van der Waals surface area contributed by atoms with Crippen molar-refractivity contribution >= 4 is 39.5 Å². The van der Waals surface area contributed by atoms with Crippen molar-refractivity contribution in [1.29, 1.82) is 5.26 Å². The first-order valence-electron chi connectivity index (χ1n) is 5.61. The Kier molecular flexibility index (Phi) is 3.11. The Balaban J connectivity index is 1.91. The third-order valence-electron chi connectivity index (χ3n) is 2.78. The van der Waals surface area contributed by atoms with Gasteiger partial charge in [-0.1, -0.05) is 11.6 Å². The van der Waals surface area contributed by atoms with Crippen molar-refractivity contribution < 1.29 is 0 Å². The minimum absolute atomic E-state index is 0.536. The summed E-state index contributed by atoms with van der Waals surface area (Å²) < 4.78 is 0.536. The van der Waals surface area contributed by atoms with E-state index < -0.39 is 0 Å². The molecule has 0 saturated carbocycles. The molecule has 4 nitrogen and oxygen atoms in total. The molecule has 3 aromatic rings. The topological polar surface area (TPSA) is 64.5 Å². The second-order valence-electron chi connectivity index (χ2n) is 4.01. The van der Waals surface area contributed by atoms with Crippen LogP contribution >= 0.6 is 22.9 Å². The van der Waals surface area contributed by atoms with Crippen LogP contribution in [-0.4, -0.2) is 9.97 Å². The van der Waals surface area contributed by atoms with Crippen LogP contribution in [-0.2, 0) is 6.54 Å². The van der Waals surface area contributed by atoms with E-state index in [-0.39, 0.29) is 0 Å². The highest BCUT2D eigenvalue weighted by Gasteiger charge is 2.06. The molecule has 0 bridgehead atoms. The van der Waals surface area contributed by atoms with Crippen LogP contribution in [0.15, 0.2) is 30.6 Å². The predicted octanol–water partition coefficient (Wildman–Crippen LogP) is 3.76. The lowest BCUT2D eigenvalue weighted by Gasteiger charge is -2.07. The van der Waals surface area contributed by atoms with Crippen LogP contribution in [0.3, 0.4) is 0 Å². The smallest absolute Gasteiger partial charge is 0.183 e. The number of hydrogen-bond donors (Lipinski definition) is 2. The summed E-state index contributed by atoms with van der Waals surface area (Å²) in [6.45, 7) is 0.638. The van der Waals surface area contributed by atoms with Crippen molar-refractivity contribution in [3.8, 4) is 6.07 Å². The number of hydrogen-bond acceptors (Lipinski definition) is 4. The van der Waals surface area contributed by atoms with E-state index in [1.807, 2.05) is 24.4 Å². The molecular formula is C13H9ClN4S. The van der Waals surface area contributed by atoms with E-state index in [1.54, 1.807) is 6.20 Å². The molecular weight excluding hydrogens is 280 g/mol. The largest absolute Gasteiger partial charge is 0.380 e. The third-order valence-corrected chi connectivity index (χ3v) is 3.89. The molecule has 0 spiro atoms. The number of rotatable bonds is 3. The standard InChI is InChI=1S/C13H9ClN4S/c14-13-18-7-9(19-13)6-17-12-4-8(5-15)3-11-10(12)1-2-16-11/h1-4,7,16-17H,6H2. The SMILES string of the molecule is N#Cc1cc(NCc2cnc(Cl)s2)c2cc[nH]c2c1. The molecule has 0 fully saturated rings. The first-order chi connectivity index (χ1) is 9.26. The number of anilines is 1. The Morgan fingerprint density at radius 1 is 1.47 bits per heavy atom. The van der Waals surface area contributed by atoms with Crippen molar-refractivity contribution in [1.82, 2.24) is 9.97 Å². The molecule has 2 heterocycles. The average Bonchev–Trinajstić information content (AvgIpc) is 3.04. The van der Waals surface area contributed by atoms with Crippen molar-refractivity contribution in [3.63, 3.8) is 0 Å². The molecule has 0 aliphatic heterocycles. The van der Waals surface area contributed by atoms with Crippen molar-refractivity contribution in [2.24, 2.45) is 0 Å². The number of benzene rings is 1. The van der Waals surface area contributed by atoms with Gasteiger partial charge in [0.15, 0.2) is 4.47 Å². The Bertz CT molecular complexity index is 768. The van der Waals surface area contributed by atoms with Gasteiger partial charge in [0.2, 0.25) is 0 Å². The lowest BCUT2D eigenvalue weighted by Crippen LogP contribution is -1.98. The second kappa shape index (κ2) is 4.92. The molecule has 94 valence electrons. The van der Waals surface area contributed by atoms with Gasteiger partial charge in [-0.3, -0.25) is 0 Å². The van der Waals surface area contributed by atoms with E-state index in [0.29, 0.717) is 16.6 Å². The van der Waals surface area contributed by atoms with Gasteiger partial charge in [-0.05, 0) is 18.2 Å². The first-order valence-corrected chi connectivity index (χ1v) is 6.81. The zero-order chi connectivity index (χ0) is 13.2. The fourth-order valence-corrected chi connectivity index (χ4v) is 2.84. The van der Waals surface area contributed by atoms with E-state index in [0.717, 1.165) is 21.5 Å². The number of aromatic amines is 1. The second-order valence-corrected chi connectivity index (χ2v) is 5.70. The van der Waals surface area contributed by atoms with Gasteiger partial charge in [0.1, 0.15) is 0 Å². The van der Waals surface area contributed by atoms with Gasteiger partial charge in [-0.25, -0.2) is 4.98 Å². The first kappa shape index (κ1) is 12.0. The van der Waals surface area contributed by atoms with Crippen LogP contribution < -0.4 is 5.32 Å². The normalized spacial score (nSPS) is 10.5. The van der Waals surface area contributed by atoms with Crippen LogP contribution in [0.1, 0.15) is 10.4 Å². The summed E-state index contributed by atoms with van der Waals surface area (Å²) >= 11 is 7.24. The van der Waals surface area contributed by atoms with Gasteiger partial charge in [-0.15, -0.1) is 11.3 Å². The molecule has 0 aliphatic carbocycles. The van der Waals surface area contributed by atoms with E-state index >= 15 is 0 Å². The van der Waals surface area contributed by atoms with Crippen molar-refractivity contribution in [2.45, 2.75) is 6.54 Å². The van der Waals surface area contributed by atoms with Crippen LogP contribution in [0.2, 0.25) is 4.47 Å². The van der Waals surface area contributed by atoms with Gasteiger partial charge < -0.3 is 10.3 Å². The number of nitriles is 1. The van der Waals surface area contributed by atoms with Gasteiger partial charge in [-0.2, -0.15) is 5.26 Å². The van der Waals surface area contributed by atoms with E-state index in [1.165, 1.54) is 11.3 Å². The molecule has 0 atom stereocenters. The number of nitrogens with one attached hydrogen (secondary N) is 2. The third kappa shape index (κ3) is 2.41. The molecule has 0 saturated heterocycles. The van der Waals surface area contributed by atoms with Gasteiger partial charge in [0.05, 0.1) is 18.2 Å². The zero-order valence-electron chi connectivity index (χ0n) is 9.77. The summed E-state index contributed by atoms with van der Waals surface area (Å²) in [5.74, 6) is 0. The van der Waals surface area contributed by atoms with Crippen LogP contribution in [0.4, 0.5) is 5.69 Å². The highest BCUT2D eigenvalue weighted by molar-refractivity contribution is 7.15. The summed E-state index contributed by atoms with van der Waals surface area (Å²) in [5.41, 5.74) is 2.50. The number of thiazole rings is 1. The minimum atomic E-state index is 0.536. The Hall–Kier alpha value is -2.03. The lowest BCUT2D eigenvalue weighted by molar-refractivity contribution is 1.18. The molecule has 0 radical (unpaired) electrons. The molecule has 2 aromatic heterocycles. The maximum Gasteiger partial charge on any atom is 0.183 e. The zero-order valence-corrected chi connectivity index (χ0v) is 11.3. The summed E-state index contributed by atoms with van der Waals surface area (Å²) in [7, 11) is 0. The average molecular weight is 289 g/mol. The Morgan fingerprint density at radius 2 is 2.37 bits per heavy atom. The van der Waals surface area contributed by atoms with E-state index in [9.17, 15) is 0 Å². The van der Waals surface area contributed by atoms with Gasteiger partial charge in [0.25, 0.3) is 0 Å². The van der Waals surface area contributed by atoms with E-state index in [2.05, 4.69) is 21.4 Å². The molecule has 6 heteroatoms. The number of nitrogens with zero attached hydrogens (tertiary/aromatic N) is 2. The van der Waals surface area contributed by atoms with Crippen molar-refractivity contribution in [3.05, 3.63) is 45.5 Å². The highest BCUT2D eigenvalue weighted by Crippen LogP contribution is 2.26. The molecule has 1 aromatic carbocycles. The summed E-state index contributed by atoms with van der Waals surface area (Å²) in [5, 5.41) is 13.4. The lowest BCUT2D eigenvalue weighted by atomic mass is 10.1. The van der Waals surface area contributed by atoms with Gasteiger partial charge in [0, 0.05) is 33.9 Å².